The third kappa shape index (κ3) is 3.30. The lowest BCUT2D eigenvalue weighted by molar-refractivity contribution is 0.171. The summed E-state index contributed by atoms with van der Waals surface area (Å²) < 4.78 is 20.8. The van der Waals surface area contributed by atoms with Crippen molar-refractivity contribution in [3.8, 4) is 28.5 Å². The first-order chi connectivity index (χ1) is 14.2. The molecule has 0 saturated heterocycles. The number of nitrogens with one attached hydrogen (secondary N) is 1. The highest BCUT2D eigenvalue weighted by Crippen LogP contribution is 2.40. The van der Waals surface area contributed by atoms with Crippen molar-refractivity contribution in [3.63, 3.8) is 0 Å². The number of fused-ring (bicyclic) bond motifs is 2. The van der Waals surface area contributed by atoms with Gasteiger partial charge in [-0.15, -0.1) is 0 Å². The molecule has 0 aliphatic carbocycles. The van der Waals surface area contributed by atoms with Gasteiger partial charge in [0.1, 0.15) is 18.7 Å². The fourth-order valence-corrected chi connectivity index (χ4v) is 4.04. The Hall–Kier alpha value is -3.10. The van der Waals surface area contributed by atoms with Gasteiger partial charge < -0.3 is 19.5 Å². The first-order valence-corrected chi connectivity index (χ1v) is 10.00. The Bertz CT molecular complexity index is 1210. The Morgan fingerprint density at radius 3 is 2.86 bits per heavy atom. The molecule has 0 unspecified atom stereocenters. The topological polar surface area (TPSA) is 78.4 Å². The molecule has 1 aliphatic heterocycles. The van der Waals surface area contributed by atoms with Gasteiger partial charge in [-0.3, -0.25) is 0 Å². The minimum Gasteiger partial charge on any atom is -0.486 e. The molecule has 7 nitrogen and oxygen atoms in total. The first-order valence-electron chi connectivity index (χ1n) is 8.85. The lowest BCUT2D eigenvalue weighted by atomic mass is 10.0. The van der Waals surface area contributed by atoms with E-state index in [0.29, 0.717) is 40.3 Å². The maximum atomic E-state index is 6.73. The summed E-state index contributed by atoms with van der Waals surface area (Å²) in [6, 6.07) is 11.6. The van der Waals surface area contributed by atoms with Crippen molar-refractivity contribution >= 4 is 45.0 Å². The third-order valence-electron chi connectivity index (χ3n) is 4.48. The minimum atomic E-state index is 0.450. The zero-order valence-corrected chi connectivity index (χ0v) is 16.9. The van der Waals surface area contributed by atoms with Gasteiger partial charge >= 0.3 is 0 Å². The molecule has 0 saturated carbocycles. The Kier molecular flexibility index (Phi) is 4.57. The molecule has 2 aromatic carbocycles. The van der Waals surface area contributed by atoms with Crippen LogP contribution in [-0.2, 0) is 0 Å². The van der Waals surface area contributed by atoms with E-state index in [1.54, 1.807) is 13.3 Å². The Morgan fingerprint density at radius 2 is 2.00 bits per heavy atom. The first kappa shape index (κ1) is 18.0. The predicted octanol–water partition coefficient (Wildman–Crippen LogP) is 4.93. The molecule has 0 fully saturated rings. The highest BCUT2D eigenvalue weighted by atomic mass is 35.5. The molecule has 0 amide bonds. The van der Waals surface area contributed by atoms with Crippen LogP contribution in [0.3, 0.4) is 0 Å². The average molecular weight is 427 g/mol. The fraction of sp³-hybridized carbons (Fsp3) is 0.150. The SMILES string of the molecule is COc1cnc2c(Nc3cccc(-c4ccc5c(c4)OCCO5)c3Cl)nsc2n1. The van der Waals surface area contributed by atoms with Crippen molar-refractivity contribution in [2.45, 2.75) is 0 Å². The highest BCUT2D eigenvalue weighted by molar-refractivity contribution is 7.13. The molecular formula is C20H15ClN4O3S. The molecule has 1 aliphatic rings. The van der Waals surface area contributed by atoms with Crippen LogP contribution in [0.25, 0.3) is 21.5 Å². The molecule has 3 heterocycles. The van der Waals surface area contributed by atoms with Gasteiger partial charge in [0.05, 0.1) is 24.0 Å². The van der Waals surface area contributed by atoms with Crippen molar-refractivity contribution in [3.05, 3.63) is 47.6 Å². The van der Waals surface area contributed by atoms with Crippen LogP contribution in [0.15, 0.2) is 42.6 Å². The molecule has 1 N–H and O–H groups in total. The average Bonchev–Trinajstić information content (AvgIpc) is 3.16. The van der Waals surface area contributed by atoms with Crippen LogP contribution < -0.4 is 19.5 Å². The maximum absolute atomic E-state index is 6.73. The lowest BCUT2D eigenvalue weighted by Crippen LogP contribution is -2.15. The van der Waals surface area contributed by atoms with Gasteiger partial charge in [-0.05, 0) is 35.3 Å². The number of benzene rings is 2. The van der Waals surface area contributed by atoms with E-state index in [1.807, 2.05) is 36.4 Å². The number of methoxy groups -OCH3 is 1. The summed E-state index contributed by atoms with van der Waals surface area (Å²) in [4.78, 5) is 9.43. The van der Waals surface area contributed by atoms with Crippen LogP contribution in [0.5, 0.6) is 17.4 Å². The van der Waals surface area contributed by atoms with E-state index in [2.05, 4.69) is 19.7 Å². The quantitative estimate of drug-likeness (QED) is 0.495. The van der Waals surface area contributed by atoms with Gasteiger partial charge in [-0.2, -0.15) is 9.36 Å². The van der Waals surface area contributed by atoms with E-state index in [0.717, 1.165) is 28.3 Å². The normalized spacial score (nSPS) is 12.8. The highest BCUT2D eigenvalue weighted by Gasteiger charge is 2.16. The van der Waals surface area contributed by atoms with Gasteiger partial charge in [0.25, 0.3) is 0 Å². The Labute approximate surface area is 175 Å². The largest absolute Gasteiger partial charge is 0.486 e. The summed E-state index contributed by atoms with van der Waals surface area (Å²) in [5, 5.41) is 3.85. The Balaban J connectivity index is 1.50. The molecule has 29 heavy (non-hydrogen) atoms. The second-order valence-corrected chi connectivity index (χ2v) is 7.38. The maximum Gasteiger partial charge on any atom is 0.233 e. The number of hydrogen-bond donors (Lipinski definition) is 1. The molecule has 0 atom stereocenters. The van der Waals surface area contributed by atoms with Crippen LogP contribution >= 0.6 is 23.1 Å². The zero-order chi connectivity index (χ0) is 19.8. The van der Waals surface area contributed by atoms with Crippen LogP contribution in [0, 0.1) is 0 Å². The molecular weight excluding hydrogens is 412 g/mol. The summed E-state index contributed by atoms with van der Waals surface area (Å²) in [7, 11) is 1.55. The summed E-state index contributed by atoms with van der Waals surface area (Å²) >= 11 is 7.97. The van der Waals surface area contributed by atoms with Gasteiger partial charge in [0.2, 0.25) is 5.88 Å². The van der Waals surface area contributed by atoms with Crippen LogP contribution in [-0.4, -0.2) is 34.7 Å². The monoisotopic (exact) mass is 426 g/mol. The molecule has 4 aromatic rings. The molecule has 0 bridgehead atoms. The van der Waals surface area contributed by atoms with Crippen LogP contribution in [0.1, 0.15) is 0 Å². The van der Waals surface area contributed by atoms with Crippen molar-refractivity contribution < 1.29 is 14.2 Å². The molecule has 0 radical (unpaired) electrons. The van der Waals surface area contributed by atoms with Crippen LogP contribution in [0.4, 0.5) is 11.5 Å². The fourth-order valence-electron chi connectivity index (χ4n) is 3.09. The zero-order valence-electron chi connectivity index (χ0n) is 15.3. The van der Waals surface area contributed by atoms with Crippen molar-refractivity contribution in [1.82, 2.24) is 14.3 Å². The predicted molar refractivity (Wildman–Crippen MR) is 113 cm³/mol. The number of aromatic nitrogens is 3. The Morgan fingerprint density at radius 1 is 1.14 bits per heavy atom. The van der Waals surface area contributed by atoms with E-state index in [4.69, 9.17) is 25.8 Å². The number of ether oxygens (including phenoxy) is 3. The van der Waals surface area contributed by atoms with Crippen LogP contribution in [0.2, 0.25) is 5.02 Å². The second kappa shape index (κ2) is 7.38. The van der Waals surface area contributed by atoms with E-state index >= 15 is 0 Å². The van der Waals surface area contributed by atoms with Gasteiger partial charge in [0, 0.05) is 5.56 Å². The molecule has 0 spiro atoms. The summed E-state index contributed by atoms with van der Waals surface area (Å²) in [5.74, 6) is 2.51. The summed E-state index contributed by atoms with van der Waals surface area (Å²) in [6.07, 6.45) is 1.56. The summed E-state index contributed by atoms with van der Waals surface area (Å²) in [6.45, 7) is 1.09. The number of anilines is 2. The second-order valence-electron chi connectivity index (χ2n) is 6.25. The number of rotatable bonds is 4. The molecule has 2 aromatic heterocycles. The standard InChI is InChI=1S/C20H15ClN4O3S/c1-26-16-10-22-18-19(25-29-20(18)24-16)23-13-4-2-3-12(17(13)21)11-5-6-14-15(9-11)28-8-7-27-14/h2-6,9-10H,7-8H2,1H3,(H,23,25). The summed E-state index contributed by atoms with van der Waals surface area (Å²) in [5.41, 5.74) is 3.21. The molecule has 146 valence electrons. The number of halogens is 1. The molecule has 5 rings (SSSR count). The van der Waals surface area contributed by atoms with E-state index in [1.165, 1.54) is 11.5 Å². The van der Waals surface area contributed by atoms with E-state index < -0.39 is 0 Å². The van der Waals surface area contributed by atoms with Crippen molar-refractivity contribution in [2.24, 2.45) is 0 Å². The lowest BCUT2D eigenvalue weighted by Gasteiger charge is -2.19. The minimum absolute atomic E-state index is 0.450. The third-order valence-corrected chi connectivity index (χ3v) is 5.62. The van der Waals surface area contributed by atoms with Crippen molar-refractivity contribution in [2.75, 3.05) is 25.6 Å². The van der Waals surface area contributed by atoms with Gasteiger partial charge in [-0.25, -0.2) is 4.98 Å². The van der Waals surface area contributed by atoms with E-state index in [9.17, 15) is 0 Å². The van der Waals surface area contributed by atoms with Crippen molar-refractivity contribution in [1.29, 1.82) is 0 Å². The number of nitrogens with zero attached hydrogens (tertiary/aromatic N) is 3. The smallest absolute Gasteiger partial charge is 0.233 e. The number of hydrogen-bond acceptors (Lipinski definition) is 8. The van der Waals surface area contributed by atoms with Gasteiger partial charge in [0.15, 0.2) is 22.1 Å². The van der Waals surface area contributed by atoms with E-state index in [-0.39, 0.29) is 0 Å². The van der Waals surface area contributed by atoms with Gasteiger partial charge in [-0.1, -0.05) is 29.8 Å². The molecule has 9 heteroatoms.